The molecule has 0 radical (unpaired) electrons. The number of hydrogen-bond acceptors (Lipinski definition) is 5. The third-order valence-electron chi connectivity index (χ3n) is 4.45. The van der Waals surface area contributed by atoms with E-state index in [9.17, 15) is 19.5 Å². The molecule has 3 rings (SSSR count). The molecule has 0 spiro atoms. The predicted octanol–water partition coefficient (Wildman–Crippen LogP) is -0.00760. The number of aromatic nitrogens is 2. The molecule has 9 nitrogen and oxygen atoms in total. The molecular formula is C18H22N5O4-. The molecule has 3 amide bonds. The minimum Gasteiger partial charge on any atom is -0.548 e. The zero-order valence-corrected chi connectivity index (χ0v) is 14.9. The summed E-state index contributed by atoms with van der Waals surface area (Å²) in [5.74, 6) is -0.945. The van der Waals surface area contributed by atoms with Gasteiger partial charge >= 0.3 is 6.03 Å². The second-order valence-corrected chi connectivity index (χ2v) is 6.40. The Hall–Kier alpha value is -3.10. The Morgan fingerprint density at radius 3 is 2.70 bits per heavy atom. The summed E-state index contributed by atoms with van der Waals surface area (Å²) in [5.41, 5.74) is 1.90. The summed E-state index contributed by atoms with van der Waals surface area (Å²) in [6.45, 7) is 1.37. The van der Waals surface area contributed by atoms with Crippen molar-refractivity contribution in [2.24, 2.45) is 0 Å². The van der Waals surface area contributed by atoms with Crippen molar-refractivity contribution >= 4 is 34.9 Å². The predicted molar refractivity (Wildman–Crippen MR) is 97.0 cm³/mol. The average molecular weight is 372 g/mol. The number of para-hydroxylation sites is 2. The maximum Gasteiger partial charge on any atom is 0.324 e. The first-order valence-corrected chi connectivity index (χ1v) is 9.03. The van der Waals surface area contributed by atoms with Crippen LogP contribution in [0.5, 0.6) is 0 Å². The number of nitrogens with zero attached hydrogens (tertiary/aromatic N) is 3. The summed E-state index contributed by atoms with van der Waals surface area (Å²) < 4.78 is 2.04. The van der Waals surface area contributed by atoms with E-state index >= 15 is 0 Å². The highest BCUT2D eigenvalue weighted by Crippen LogP contribution is 2.26. The van der Waals surface area contributed by atoms with Gasteiger partial charge in [0.15, 0.2) is 0 Å². The van der Waals surface area contributed by atoms with Crippen molar-refractivity contribution in [3.05, 3.63) is 24.3 Å². The van der Waals surface area contributed by atoms with Gasteiger partial charge in [0.1, 0.15) is 0 Å². The van der Waals surface area contributed by atoms with Gasteiger partial charge in [0, 0.05) is 26.1 Å². The Bertz CT molecular complexity index is 847. The van der Waals surface area contributed by atoms with Crippen LogP contribution in [0.4, 0.5) is 10.7 Å². The molecule has 1 aliphatic rings. The van der Waals surface area contributed by atoms with Gasteiger partial charge in [0.05, 0.1) is 23.5 Å². The number of amides is 3. The third kappa shape index (κ3) is 4.55. The van der Waals surface area contributed by atoms with Crippen molar-refractivity contribution in [3.8, 4) is 0 Å². The summed E-state index contributed by atoms with van der Waals surface area (Å²) in [6.07, 6.45) is 2.40. The highest BCUT2D eigenvalue weighted by atomic mass is 16.4. The fraction of sp³-hybridized carbons (Fsp3) is 0.444. The lowest BCUT2D eigenvalue weighted by molar-refractivity contribution is -0.304. The van der Waals surface area contributed by atoms with Crippen LogP contribution < -0.4 is 20.6 Å². The van der Waals surface area contributed by atoms with Gasteiger partial charge < -0.3 is 25.1 Å². The topological polar surface area (TPSA) is 119 Å². The van der Waals surface area contributed by atoms with Gasteiger partial charge in [-0.3, -0.25) is 9.69 Å². The zero-order valence-electron chi connectivity index (χ0n) is 14.9. The second kappa shape index (κ2) is 8.52. The first-order valence-electron chi connectivity index (χ1n) is 9.03. The number of carbonyl (C=O) groups is 3. The number of imidazole rings is 1. The number of urea groups is 1. The van der Waals surface area contributed by atoms with Crippen LogP contribution in [0.15, 0.2) is 24.3 Å². The van der Waals surface area contributed by atoms with E-state index in [1.807, 2.05) is 28.8 Å². The number of hydrogen-bond donors (Lipinski definition) is 2. The highest BCUT2D eigenvalue weighted by Gasteiger charge is 2.27. The Morgan fingerprint density at radius 1 is 1.07 bits per heavy atom. The van der Waals surface area contributed by atoms with Crippen molar-refractivity contribution in [1.82, 2.24) is 20.2 Å². The second-order valence-electron chi connectivity index (χ2n) is 6.40. The van der Waals surface area contributed by atoms with Crippen LogP contribution >= 0.6 is 0 Å². The van der Waals surface area contributed by atoms with Crippen LogP contribution in [0.25, 0.3) is 11.0 Å². The summed E-state index contributed by atoms with van der Waals surface area (Å²) in [7, 11) is 0. The fourth-order valence-corrected chi connectivity index (χ4v) is 3.12. The maximum atomic E-state index is 12.4. The van der Waals surface area contributed by atoms with E-state index in [1.54, 1.807) is 4.90 Å². The summed E-state index contributed by atoms with van der Waals surface area (Å²) in [6, 6.07) is 7.64. The van der Waals surface area contributed by atoms with Crippen LogP contribution in [0.3, 0.4) is 0 Å². The number of nitrogens with one attached hydrogen (secondary N) is 2. The molecule has 2 heterocycles. The van der Waals surface area contributed by atoms with Crippen molar-refractivity contribution in [2.45, 2.75) is 32.2 Å². The monoisotopic (exact) mass is 372 g/mol. The summed E-state index contributed by atoms with van der Waals surface area (Å²) in [4.78, 5) is 40.2. The maximum absolute atomic E-state index is 12.4. The quantitative estimate of drug-likeness (QED) is 0.632. The van der Waals surface area contributed by atoms with Crippen molar-refractivity contribution in [2.75, 3.05) is 24.5 Å². The lowest BCUT2D eigenvalue weighted by Gasteiger charge is -2.15. The summed E-state index contributed by atoms with van der Waals surface area (Å²) in [5, 5.41) is 15.4. The average Bonchev–Trinajstić information content (AvgIpc) is 3.21. The number of rotatable bonds is 8. The van der Waals surface area contributed by atoms with Gasteiger partial charge in [-0.05, 0) is 25.0 Å². The van der Waals surface area contributed by atoms with Gasteiger partial charge in [-0.1, -0.05) is 18.6 Å². The number of benzene rings is 1. The molecule has 0 atom stereocenters. The van der Waals surface area contributed by atoms with Gasteiger partial charge in [0.2, 0.25) is 11.9 Å². The largest absolute Gasteiger partial charge is 0.548 e. The number of anilines is 1. The smallest absolute Gasteiger partial charge is 0.324 e. The lowest BCUT2D eigenvalue weighted by Crippen LogP contribution is -2.39. The molecule has 0 aliphatic carbocycles. The lowest BCUT2D eigenvalue weighted by atomic mass is 10.2. The zero-order chi connectivity index (χ0) is 19.2. The number of carboxylic acid groups (broad SMARTS) is 1. The SMILES string of the molecule is O=C([O-])CNC(=O)CCCCCNC(=O)N1CCn2c1nc1ccccc12. The minimum absolute atomic E-state index is 0.171. The van der Waals surface area contributed by atoms with Crippen LogP contribution in [0.2, 0.25) is 0 Å². The Kier molecular flexibility index (Phi) is 5.90. The molecule has 1 aromatic heterocycles. The molecular weight excluding hydrogens is 350 g/mol. The molecule has 144 valence electrons. The van der Waals surface area contributed by atoms with Crippen LogP contribution in [0.1, 0.15) is 25.7 Å². The van der Waals surface area contributed by atoms with E-state index in [0.717, 1.165) is 30.4 Å². The molecule has 0 saturated carbocycles. The van der Waals surface area contributed by atoms with Crippen LogP contribution in [-0.4, -0.2) is 47.1 Å². The number of unbranched alkanes of at least 4 members (excludes halogenated alkanes) is 2. The van der Waals surface area contributed by atoms with Gasteiger partial charge in [-0.25, -0.2) is 9.78 Å². The molecule has 0 bridgehead atoms. The van der Waals surface area contributed by atoms with Crippen LogP contribution in [-0.2, 0) is 16.1 Å². The van der Waals surface area contributed by atoms with E-state index in [1.165, 1.54) is 0 Å². The number of carboxylic acids is 1. The molecule has 2 N–H and O–H groups in total. The van der Waals surface area contributed by atoms with Crippen LogP contribution in [0, 0.1) is 0 Å². The number of carbonyl (C=O) groups excluding carboxylic acids is 3. The molecule has 9 heteroatoms. The van der Waals surface area contributed by atoms with E-state index in [0.29, 0.717) is 25.5 Å². The standard InChI is InChI=1S/C18H23N5O4/c24-15(20-12-16(25)26)8-2-1-5-9-19-18(27)23-11-10-22-14-7-4-3-6-13(14)21-17(22)23/h3-4,6-7H,1-2,5,8-12H2,(H,19,27)(H,20,24)(H,25,26)/p-1. The normalized spacial score (nSPS) is 12.8. The minimum atomic E-state index is -1.30. The number of fused-ring (bicyclic) bond motifs is 3. The Morgan fingerprint density at radius 2 is 1.89 bits per heavy atom. The Labute approximate surface area is 156 Å². The van der Waals surface area contributed by atoms with Crippen molar-refractivity contribution < 1.29 is 19.5 Å². The molecule has 0 saturated heterocycles. The van der Waals surface area contributed by atoms with E-state index in [4.69, 9.17) is 0 Å². The fourth-order valence-electron chi connectivity index (χ4n) is 3.12. The number of aliphatic carboxylic acids is 1. The van der Waals surface area contributed by atoms with Crippen molar-refractivity contribution in [3.63, 3.8) is 0 Å². The van der Waals surface area contributed by atoms with E-state index < -0.39 is 12.5 Å². The van der Waals surface area contributed by atoms with Gasteiger partial charge in [-0.2, -0.15) is 0 Å². The van der Waals surface area contributed by atoms with E-state index in [-0.39, 0.29) is 18.4 Å². The third-order valence-corrected chi connectivity index (χ3v) is 4.45. The van der Waals surface area contributed by atoms with E-state index in [2.05, 4.69) is 15.6 Å². The van der Waals surface area contributed by atoms with Crippen molar-refractivity contribution in [1.29, 1.82) is 0 Å². The first kappa shape index (κ1) is 18.7. The molecule has 1 aromatic carbocycles. The molecule has 0 fully saturated rings. The van der Waals surface area contributed by atoms with Gasteiger partial charge in [0.25, 0.3) is 0 Å². The molecule has 1 aliphatic heterocycles. The highest BCUT2D eigenvalue weighted by molar-refractivity contribution is 5.93. The molecule has 27 heavy (non-hydrogen) atoms. The first-order chi connectivity index (χ1) is 13.1. The summed E-state index contributed by atoms with van der Waals surface area (Å²) >= 11 is 0. The Balaban J connectivity index is 1.38. The molecule has 2 aromatic rings. The molecule has 0 unspecified atom stereocenters. The van der Waals surface area contributed by atoms with Gasteiger partial charge in [-0.15, -0.1) is 0 Å².